The molecular formula is C22H27FN6O4S2. The average molecular weight is 523 g/mol. The highest BCUT2D eigenvalue weighted by atomic mass is 32.2. The number of halogens is 1. The summed E-state index contributed by atoms with van der Waals surface area (Å²) in [5.74, 6) is 0. The summed E-state index contributed by atoms with van der Waals surface area (Å²) >= 11 is 1.71. The molecule has 3 heterocycles. The Bertz CT molecular complexity index is 1510. The second kappa shape index (κ2) is 8.87. The number of nitrogens with one attached hydrogen (secondary N) is 2. The lowest BCUT2D eigenvalue weighted by Gasteiger charge is -2.18. The van der Waals surface area contributed by atoms with Gasteiger partial charge in [0, 0.05) is 37.1 Å². The molecule has 1 aliphatic heterocycles. The minimum absolute atomic E-state index is 0.00803. The fourth-order valence-electron chi connectivity index (χ4n) is 4.37. The predicted octanol–water partition coefficient (Wildman–Crippen LogP) is 0.776. The van der Waals surface area contributed by atoms with Crippen LogP contribution in [0.5, 0.6) is 0 Å². The van der Waals surface area contributed by atoms with Gasteiger partial charge in [-0.15, -0.1) is 11.8 Å². The molecule has 0 radical (unpaired) electrons. The fourth-order valence-corrected chi connectivity index (χ4v) is 7.04. The van der Waals surface area contributed by atoms with E-state index in [1.54, 1.807) is 35.9 Å². The fraction of sp³-hybridized carbons (Fsp3) is 0.500. The van der Waals surface area contributed by atoms with E-state index in [2.05, 4.69) is 15.1 Å². The third-order valence-electron chi connectivity index (χ3n) is 6.48. The van der Waals surface area contributed by atoms with Gasteiger partial charge in [0.25, 0.3) is 5.56 Å². The van der Waals surface area contributed by atoms with Crippen molar-refractivity contribution in [3.63, 3.8) is 0 Å². The molecule has 13 heteroatoms. The molecule has 0 spiro atoms. The van der Waals surface area contributed by atoms with Gasteiger partial charge in [-0.2, -0.15) is 5.10 Å². The first-order chi connectivity index (χ1) is 16.6. The van der Waals surface area contributed by atoms with Crippen molar-refractivity contribution in [1.29, 1.82) is 0 Å². The first-order valence-electron chi connectivity index (χ1n) is 11.3. The van der Waals surface area contributed by atoms with Crippen LogP contribution in [0.25, 0.3) is 10.9 Å². The van der Waals surface area contributed by atoms with Crippen molar-refractivity contribution in [2.24, 2.45) is 7.05 Å². The number of benzene rings is 1. The minimum Gasteiger partial charge on any atom is -0.304 e. The van der Waals surface area contributed by atoms with Crippen LogP contribution in [0.4, 0.5) is 4.39 Å². The molecule has 2 aromatic heterocycles. The number of hydrogen-bond acceptors (Lipinski definition) is 7. The van der Waals surface area contributed by atoms with E-state index >= 15 is 0 Å². The zero-order valence-electron chi connectivity index (χ0n) is 19.4. The van der Waals surface area contributed by atoms with E-state index in [4.69, 9.17) is 0 Å². The lowest BCUT2D eigenvalue weighted by molar-refractivity contribution is 0.393. The van der Waals surface area contributed by atoms with Gasteiger partial charge in [0.1, 0.15) is 6.67 Å². The molecule has 1 saturated carbocycles. The van der Waals surface area contributed by atoms with E-state index in [1.165, 1.54) is 22.8 Å². The topological polar surface area (TPSA) is 120 Å². The Labute approximate surface area is 205 Å². The molecule has 1 saturated heterocycles. The number of alkyl halides is 1. The predicted molar refractivity (Wildman–Crippen MR) is 132 cm³/mol. The maximum atomic E-state index is 13.5. The maximum Gasteiger partial charge on any atom is 0.331 e. The number of fused-ring (bicyclic) bond motifs is 1. The number of hydrogen-bond donors (Lipinski definition) is 2. The van der Waals surface area contributed by atoms with Gasteiger partial charge in [-0.25, -0.2) is 22.3 Å². The molecule has 5 rings (SSSR count). The Kier molecular flexibility index (Phi) is 6.14. The summed E-state index contributed by atoms with van der Waals surface area (Å²) in [6.07, 6.45) is 4.16. The van der Waals surface area contributed by atoms with Gasteiger partial charge >= 0.3 is 5.69 Å². The molecule has 10 nitrogen and oxygen atoms in total. The smallest absolute Gasteiger partial charge is 0.304 e. The molecular weight excluding hydrogens is 495 g/mol. The van der Waals surface area contributed by atoms with Crippen molar-refractivity contribution >= 4 is 32.7 Å². The molecule has 0 bridgehead atoms. The van der Waals surface area contributed by atoms with Gasteiger partial charge in [0.05, 0.1) is 39.5 Å². The van der Waals surface area contributed by atoms with Gasteiger partial charge in [-0.05, 0) is 38.0 Å². The second-order valence-corrected chi connectivity index (χ2v) is 12.6. The van der Waals surface area contributed by atoms with Crippen molar-refractivity contribution in [3.05, 3.63) is 57.0 Å². The number of thioether (sulfide) groups is 1. The van der Waals surface area contributed by atoms with Crippen LogP contribution in [0.3, 0.4) is 0 Å². The second-order valence-electron chi connectivity index (χ2n) is 9.31. The van der Waals surface area contributed by atoms with Crippen molar-refractivity contribution in [2.75, 3.05) is 13.2 Å². The molecule has 2 atom stereocenters. The summed E-state index contributed by atoms with van der Waals surface area (Å²) in [7, 11) is -2.31. The van der Waals surface area contributed by atoms with Crippen molar-refractivity contribution < 1.29 is 12.8 Å². The van der Waals surface area contributed by atoms with Crippen LogP contribution in [-0.4, -0.2) is 56.7 Å². The van der Waals surface area contributed by atoms with Gasteiger partial charge in [-0.1, -0.05) is 0 Å². The summed E-state index contributed by atoms with van der Waals surface area (Å²) in [6.45, 7) is 2.34. The SMILES string of the molecule is CC1NCC(Cn2c(=O)n(Cc3cnn(C)c3)c(=O)c3cc(S(=O)(=O)NC4(CF)CC4)ccc32)S1. The zero-order chi connectivity index (χ0) is 25.0. The van der Waals surface area contributed by atoms with Crippen LogP contribution >= 0.6 is 11.8 Å². The lowest BCUT2D eigenvalue weighted by Crippen LogP contribution is -2.42. The number of aromatic nitrogens is 4. The standard InChI is InChI=1S/C22H27FN6O4S2/c1-14-24-9-16(34-14)12-28-19-4-3-17(35(32,33)26-22(13-23)5-6-22)7-18(19)20(30)29(21(28)31)11-15-8-25-27(2)10-15/h3-4,7-8,10,14,16,24,26H,5-6,9,11-13H2,1-2H3. The van der Waals surface area contributed by atoms with E-state index in [0.717, 1.165) is 4.57 Å². The summed E-state index contributed by atoms with van der Waals surface area (Å²) in [4.78, 5) is 26.8. The van der Waals surface area contributed by atoms with Gasteiger partial charge in [-0.3, -0.25) is 18.6 Å². The Hall–Kier alpha value is -2.48. The average Bonchev–Trinajstić information content (AvgIpc) is 3.26. The highest BCUT2D eigenvalue weighted by molar-refractivity contribution is 8.00. The minimum atomic E-state index is -4.05. The summed E-state index contributed by atoms with van der Waals surface area (Å²) in [5, 5.41) is 7.92. The third-order valence-corrected chi connectivity index (χ3v) is 9.33. The number of rotatable bonds is 8. The molecule has 2 aliphatic rings. The Balaban J connectivity index is 1.63. The van der Waals surface area contributed by atoms with Crippen molar-refractivity contribution in [3.8, 4) is 0 Å². The van der Waals surface area contributed by atoms with Crippen LogP contribution in [0.2, 0.25) is 0 Å². The van der Waals surface area contributed by atoms with E-state index in [-0.39, 0.29) is 27.5 Å². The molecule has 1 aliphatic carbocycles. The van der Waals surface area contributed by atoms with Crippen molar-refractivity contribution in [1.82, 2.24) is 29.0 Å². The first-order valence-corrected chi connectivity index (χ1v) is 13.8. The normalized spacial score (nSPS) is 21.6. The number of aryl methyl sites for hydroxylation is 1. The van der Waals surface area contributed by atoms with Crippen LogP contribution in [0.1, 0.15) is 25.3 Å². The molecule has 1 aromatic carbocycles. The Morgan fingerprint density at radius 3 is 2.66 bits per heavy atom. The molecule has 2 fully saturated rings. The maximum absolute atomic E-state index is 13.5. The number of sulfonamides is 1. The summed E-state index contributed by atoms with van der Waals surface area (Å²) < 4.78 is 46.0. The number of nitrogens with zero attached hydrogens (tertiary/aromatic N) is 4. The molecule has 2 unspecified atom stereocenters. The van der Waals surface area contributed by atoms with E-state index in [0.29, 0.717) is 37.0 Å². The van der Waals surface area contributed by atoms with Crippen LogP contribution < -0.4 is 21.3 Å². The van der Waals surface area contributed by atoms with E-state index < -0.39 is 33.5 Å². The highest BCUT2D eigenvalue weighted by Crippen LogP contribution is 2.37. The largest absolute Gasteiger partial charge is 0.331 e. The molecule has 188 valence electrons. The van der Waals surface area contributed by atoms with Crippen LogP contribution in [-0.2, 0) is 30.2 Å². The molecule has 35 heavy (non-hydrogen) atoms. The van der Waals surface area contributed by atoms with Crippen molar-refractivity contribution in [2.45, 2.75) is 53.9 Å². The quantitative estimate of drug-likeness (QED) is 0.449. The zero-order valence-corrected chi connectivity index (χ0v) is 21.0. The monoisotopic (exact) mass is 522 g/mol. The Morgan fingerprint density at radius 1 is 1.29 bits per heavy atom. The van der Waals surface area contributed by atoms with E-state index in [9.17, 15) is 22.4 Å². The molecule has 0 amide bonds. The Morgan fingerprint density at radius 2 is 2.06 bits per heavy atom. The highest BCUT2D eigenvalue weighted by Gasteiger charge is 2.46. The van der Waals surface area contributed by atoms with Gasteiger partial charge in [0.15, 0.2) is 0 Å². The summed E-state index contributed by atoms with van der Waals surface area (Å²) in [5.41, 5.74) is -1.06. The van der Waals surface area contributed by atoms with Gasteiger partial charge < -0.3 is 5.32 Å². The molecule has 3 aromatic rings. The summed E-state index contributed by atoms with van der Waals surface area (Å²) in [6, 6.07) is 4.14. The lowest BCUT2D eigenvalue weighted by atomic mass is 10.2. The van der Waals surface area contributed by atoms with E-state index in [1.807, 2.05) is 6.92 Å². The molecule has 2 N–H and O–H groups in total. The van der Waals surface area contributed by atoms with Crippen LogP contribution in [0.15, 0.2) is 45.1 Å². The van der Waals surface area contributed by atoms with Gasteiger partial charge in [0.2, 0.25) is 10.0 Å². The third kappa shape index (κ3) is 4.69. The first kappa shape index (κ1) is 24.2. The van der Waals surface area contributed by atoms with Crippen LogP contribution in [0, 0.1) is 0 Å².